The average Bonchev–Trinajstić information content (AvgIpc) is 3.57. The maximum absolute atomic E-state index is 10.9. The van der Waals surface area contributed by atoms with Crippen molar-refractivity contribution in [2.24, 2.45) is 0 Å². The van der Waals surface area contributed by atoms with Gasteiger partial charge in [0.25, 0.3) is 0 Å². The molecule has 2 heterocycles. The zero-order valence-electron chi connectivity index (χ0n) is 30.7. The number of benzene rings is 4. The summed E-state index contributed by atoms with van der Waals surface area (Å²) in [6.45, 7) is 20.1. The number of rotatable bonds is 9. The summed E-state index contributed by atoms with van der Waals surface area (Å²) in [7, 11) is 0. The Balaban J connectivity index is 0.00000486. The van der Waals surface area contributed by atoms with Gasteiger partial charge in [0.2, 0.25) is 0 Å². The van der Waals surface area contributed by atoms with Crippen LogP contribution in [0.25, 0.3) is 50.7 Å². The fourth-order valence-corrected chi connectivity index (χ4v) is 6.76. The van der Waals surface area contributed by atoms with E-state index in [1.54, 1.807) is 6.07 Å². The van der Waals surface area contributed by atoms with Crippen molar-refractivity contribution in [1.82, 2.24) is 14.5 Å². The van der Waals surface area contributed by atoms with Crippen LogP contribution >= 0.6 is 0 Å². The number of aromatic nitrogens is 3. The van der Waals surface area contributed by atoms with Crippen LogP contribution in [0.1, 0.15) is 107 Å². The van der Waals surface area contributed by atoms with Crippen LogP contribution in [-0.4, -0.2) is 19.6 Å². The second-order valence-corrected chi connectivity index (χ2v) is 14.5. The largest absolute Gasteiger partial charge is 0.507 e. The van der Waals surface area contributed by atoms with Gasteiger partial charge in [-0.15, -0.1) is 24.3 Å². The molecule has 0 bridgehead atoms. The molecule has 4 nitrogen and oxygen atoms in total. The predicted molar refractivity (Wildman–Crippen MR) is 205 cm³/mol. The molecule has 1 N–H and O–H groups in total. The van der Waals surface area contributed by atoms with E-state index in [1.165, 1.54) is 27.9 Å². The first-order chi connectivity index (χ1) is 23.4. The Morgan fingerprint density at radius 1 is 0.680 bits per heavy atom. The van der Waals surface area contributed by atoms with Crippen molar-refractivity contribution in [1.29, 1.82) is 0 Å². The van der Waals surface area contributed by atoms with Crippen molar-refractivity contribution in [2.45, 2.75) is 86.0 Å². The molecule has 50 heavy (non-hydrogen) atoms. The topological polar surface area (TPSA) is 50.9 Å². The number of phenols is 1. The third kappa shape index (κ3) is 7.28. The zero-order chi connectivity index (χ0) is 35.0. The molecular weight excluding hydrogens is 794 g/mol. The molecule has 0 saturated heterocycles. The van der Waals surface area contributed by atoms with Crippen LogP contribution in [-0.2, 0) is 21.1 Å². The molecular formula is C45H48N3OPt-. The van der Waals surface area contributed by atoms with Crippen LogP contribution in [0.2, 0.25) is 0 Å². The SMILES string of the molecule is Cc1cc(-c2ccccc2O)nc(-c2[c-]c(-c3nccn3-c3c(C(C)C)cccc3C(C)C)ccc2)c1-c1cc(C(C)C)cc(C(C)C)c1.[Pt]. The van der Waals surface area contributed by atoms with Gasteiger partial charge in [-0.3, -0.25) is 9.97 Å². The predicted octanol–water partition coefficient (Wildman–Crippen LogP) is 12.2. The summed E-state index contributed by atoms with van der Waals surface area (Å²) < 4.78 is 2.24. The van der Waals surface area contributed by atoms with Crippen molar-refractivity contribution in [3.63, 3.8) is 0 Å². The molecule has 0 fully saturated rings. The minimum Gasteiger partial charge on any atom is -0.507 e. The second-order valence-electron chi connectivity index (χ2n) is 14.5. The number of aromatic hydroxyl groups is 1. The van der Waals surface area contributed by atoms with E-state index in [0.29, 0.717) is 29.2 Å². The Kier molecular flexibility index (Phi) is 11.3. The van der Waals surface area contributed by atoms with E-state index >= 15 is 0 Å². The van der Waals surface area contributed by atoms with E-state index in [1.807, 2.05) is 24.4 Å². The van der Waals surface area contributed by atoms with Gasteiger partial charge in [0.15, 0.2) is 0 Å². The summed E-state index contributed by atoms with van der Waals surface area (Å²) in [6, 6.07) is 33.1. The van der Waals surface area contributed by atoms with Gasteiger partial charge in [-0.25, -0.2) is 0 Å². The first kappa shape index (κ1) is 37.0. The second kappa shape index (κ2) is 15.3. The summed E-state index contributed by atoms with van der Waals surface area (Å²) >= 11 is 0. The van der Waals surface area contributed by atoms with Crippen LogP contribution in [0.5, 0.6) is 5.75 Å². The van der Waals surface area contributed by atoms with Gasteiger partial charge in [0.05, 0.1) is 11.5 Å². The van der Waals surface area contributed by atoms with Crippen molar-refractivity contribution in [3.8, 4) is 56.5 Å². The molecule has 0 amide bonds. The number of imidazole rings is 1. The van der Waals surface area contributed by atoms with E-state index in [9.17, 15) is 5.11 Å². The number of hydrogen-bond acceptors (Lipinski definition) is 3. The van der Waals surface area contributed by atoms with Crippen LogP contribution in [0.3, 0.4) is 0 Å². The quantitative estimate of drug-likeness (QED) is 0.148. The Hall–Kier alpha value is -4.27. The summed E-state index contributed by atoms with van der Waals surface area (Å²) in [5, 5.41) is 10.9. The van der Waals surface area contributed by atoms with E-state index < -0.39 is 0 Å². The monoisotopic (exact) mass is 841 g/mol. The maximum Gasteiger partial charge on any atom is 0.124 e. The molecule has 6 aromatic rings. The fraction of sp³-hybridized carbons (Fsp3) is 0.289. The first-order valence-corrected chi connectivity index (χ1v) is 17.6. The zero-order valence-corrected chi connectivity index (χ0v) is 32.9. The van der Waals surface area contributed by atoms with Gasteiger partial charge in [-0.2, -0.15) is 0 Å². The van der Waals surface area contributed by atoms with Crippen LogP contribution in [0.4, 0.5) is 0 Å². The summed E-state index contributed by atoms with van der Waals surface area (Å²) in [5.74, 6) is 2.52. The van der Waals surface area contributed by atoms with Gasteiger partial charge in [-0.1, -0.05) is 115 Å². The number of pyridine rings is 1. The van der Waals surface area contributed by atoms with Crippen molar-refractivity contribution in [2.75, 3.05) is 0 Å². The number of aryl methyl sites for hydroxylation is 1. The van der Waals surface area contributed by atoms with E-state index in [-0.39, 0.29) is 26.8 Å². The van der Waals surface area contributed by atoms with Gasteiger partial charge in [0, 0.05) is 50.4 Å². The molecule has 4 aromatic carbocycles. The molecule has 2 aromatic heterocycles. The number of hydrogen-bond donors (Lipinski definition) is 1. The third-order valence-electron chi connectivity index (χ3n) is 9.51. The van der Waals surface area contributed by atoms with Crippen molar-refractivity contribution in [3.05, 3.63) is 131 Å². The van der Waals surface area contributed by atoms with Crippen molar-refractivity contribution < 1.29 is 26.2 Å². The Morgan fingerprint density at radius 2 is 1.28 bits per heavy atom. The van der Waals surface area contributed by atoms with Crippen LogP contribution in [0.15, 0.2) is 97.3 Å². The fourth-order valence-electron chi connectivity index (χ4n) is 6.76. The van der Waals surface area contributed by atoms with Crippen molar-refractivity contribution >= 4 is 0 Å². The minimum atomic E-state index is 0. The molecule has 5 heteroatoms. The number of para-hydroxylation sites is 2. The summed E-state index contributed by atoms with van der Waals surface area (Å²) in [4.78, 5) is 10.2. The molecule has 0 aliphatic rings. The molecule has 0 aliphatic carbocycles. The molecule has 0 radical (unpaired) electrons. The summed E-state index contributed by atoms with van der Waals surface area (Å²) in [6.07, 6.45) is 3.95. The molecule has 0 unspecified atom stereocenters. The molecule has 260 valence electrons. The molecule has 6 rings (SSSR count). The molecule has 0 atom stereocenters. The molecule has 0 saturated carbocycles. The third-order valence-corrected chi connectivity index (χ3v) is 9.51. The van der Waals surface area contributed by atoms with Gasteiger partial charge in [0.1, 0.15) is 5.75 Å². The number of nitrogens with zero attached hydrogens (tertiary/aromatic N) is 3. The van der Waals surface area contributed by atoms with E-state index in [4.69, 9.17) is 9.97 Å². The summed E-state index contributed by atoms with van der Waals surface area (Å²) in [5.41, 5.74) is 13.7. The minimum absolute atomic E-state index is 0. The van der Waals surface area contributed by atoms with E-state index in [0.717, 1.165) is 45.0 Å². The Bertz CT molecular complexity index is 2070. The van der Waals surface area contributed by atoms with Gasteiger partial charge < -0.3 is 9.67 Å². The number of phenolic OH excluding ortho intramolecular Hbond substituents is 1. The molecule has 0 aliphatic heterocycles. The molecule has 0 spiro atoms. The maximum atomic E-state index is 10.9. The van der Waals surface area contributed by atoms with Crippen LogP contribution in [0, 0.1) is 13.0 Å². The van der Waals surface area contributed by atoms with Crippen LogP contribution < -0.4 is 0 Å². The Morgan fingerprint density at radius 3 is 1.88 bits per heavy atom. The van der Waals surface area contributed by atoms with Gasteiger partial charge in [-0.05, 0) is 87.7 Å². The standard InChI is InChI=1S/C45H48N3O.Pt/c1-27(2)34-24-35(28(3)4)26-36(25-34)42-31(9)22-40(39-16-10-11-19-41(39)49)47-43(42)32-14-12-15-33(23-32)45-46-20-21-48(45)44-37(29(5)6)17-13-18-38(44)30(7)8;/h10-22,24-30,49H,1-9H3;/q-1;. The average molecular weight is 842 g/mol. The van der Waals surface area contributed by atoms with Gasteiger partial charge >= 0.3 is 0 Å². The Labute approximate surface area is 313 Å². The normalized spacial score (nSPS) is 11.5. The van der Waals surface area contributed by atoms with E-state index in [2.05, 4.69) is 140 Å². The first-order valence-electron chi connectivity index (χ1n) is 17.6. The smallest absolute Gasteiger partial charge is 0.124 e.